The van der Waals surface area contributed by atoms with E-state index in [0.717, 1.165) is 0 Å². The lowest BCUT2D eigenvalue weighted by molar-refractivity contribution is 0.0723. The fourth-order valence-electron chi connectivity index (χ4n) is 2.32. The van der Waals surface area contributed by atoms with Crippen LogP contribution in [0, 0.1) is 11.3 Å². The van der Waals surface area contributed by atoms with Gasteiger partial charge in [-0.3, -0.25) is 4.79 Å². The quantitative estimate of drug-likeness (QED) is 0.881. The van der Waals surface area contributed by atoms with Crippen molar-refractivity contribution in [1.29, 1.82) is 5.26 Å². The minimum Gasteiger partial charge on any atom is -0.438 e. The van der Waals surface area contributed by atoms with Gasteiger partial charge < -0.3 is 14.5 Å². The highest BCUT2D eigenvalue weighted by Crippen LogP contribution is 2.20. The first-order valence-corrected chi connectivity index (χ1v) is 8.94. The normalized spacial score (nSPS) is 15.5. The first-order valence-electron chi connectivity index (χ1n) is 7.50. The molecule has 0 atom stereocenters. The first kappa shape index (κ1) is 17.2. The van der Waals surface area contributed by atoms with Gasteiger partial charge in [0.25, 0.3) is 15.9 Å². The maximum atomic E-state index is 12.5. The van der Waals surface area contributed by atoms with Gasteiger partial charge in [-0.05, 0) is 36.4 Å². The molecule has 1 aliphatic heterocycles. The van der Waals surface area contributed by atoms with E-state index in [1.807, 2.05) is 6.07 Å². The second-order valence-electron chi connectivity index (χ2n) is 5.28. The number of ether oxygens (including phenoxy) is 1. The van der Waals surface area contributed by atoms with E-state index in [9.17, 15) is 13.2 Å². The number of carbonyl (C=O) groups excluding carboxylic acids is 1. The number of benzene rings is 1. The van der Waals surface area contributed by atoms with Crippen molar-refractivity contribution in [3.63, 3.8) is 0 Å². The third-order valence-electron chi connectivity index (χ3n) is 3.64. The Morgan fingerprint density at radius 2 is 1.80 bits per heavy atom. The van der Waals surface area contributed by atoms with Gasteiger partial charge in [0, 0.05) is 18.8 Å². The lowest BCUT2D eigenvalue weighted by atomic mass is 10.2. The van der Waals surface area contributed by atoms with Gasteiger partial charge in [0.2, 0.25) is 5.09 Å². The standard InChI is InChI=1S/C16H15N3O5S/c17-11-12-1-3-13(4-2-12)18-16(20)14-5-6-15(24-14)25(21,22)19-7-9-23-10-8-19/h1-6H,7-10H2,(H,18,20). The maximum Gasteiger partial charge on any atom is 0.291 e. The molecule has 1 amide bonds. The molecule has 2 heterocycles. The van der Waals surface area contributed by atoms with Gasteiger partial charge in [-0.1, -0.05) is 0 Å². The molecule has 0 bridgehead atoms. The van der Waals surface area contributed by atoms with Crippen molar-refractivity contribution in [2.24, 2.45) is 0 Å². The number of hydrogen-bond acceptors (Lipinski definition) is 6. The van der Waals surface area contributed by atoms with Crippen LogP contribution >= 0.6 is 0 Å². The number of nitrogens with zero attached hydrogens (tertiary/aromatic N) is 2. The minimum absolute atomic E-state index is 0.115. The van der Waals surface area contributed by atoms with E-state index in [4.69, 9.17) is 14.4 Å². The molecule has 1 saturated heterocycles. The molecule has 0 radical (unpaired) electrons. The number of carbonyl (C=O) groups is 1. The molecule has 9 heteroatoms. The van der Waals surface area contributed by atoms with E-state index < -0.39 is 15.9 Å². The Bertz CT molecular complexity index is 906. The molecule has 0 aliphatic carbocycles. The molecule has 0 unspecified atom stereocenters. The number of hydrogen-bond donors (Lipinski definition) is 1. The largest absolute Gasteiger partial charge is 0.438 e. The predicted molar refractivity (Wildman–Crippen MR) is 87.4 cm³/mol. The van der Waals surface area contributed by atoms with Gasteiger partial charge in [-0.2, -0.15) is 9.57 Å². The number of morpholine rings is 1. The molecule has 1 fully saturated rings. The van der Waals surface area contributed by atoms with Gasteiger partial charge in [0.1, 0.15) is 0 Å². The highest BCUT2D eigenvalue weighted by molar-refractivity contribution is 7.89. The van der Waals surface area contributed by atoms with Crippen LogP contribution < -0.4 is 5.32 Å². The monoisotopic (exact) mass is 361 g/mol. The molecule has 0 spiro atoms. The van der Waals surface area contributed by atoms with Crippen LogP contribution in [-0.2, 0) is 14.8 Å². The summed E-state index contributed by atoms with van der Waals surface area (Å²) in [6.07, 6.45) is 0. The van der Waals surface area contributed by atoms with Gasteiger partial charge in [-0.15, -0.1) is 0 Å². The summed E-state index contributed by atoms with van der Waals surface area (Å²) in [4.78, 5) is 12.2. The number of anilines is 1. The van der Waals surface area contributed by atoms with Crippen LogP contribution in [0.5, 0.6) is 0 Å². The van der Waals surface area contributed by atoms with Crippen LogP contribution in [0.2, 0.25) is 0 Å². The maximum absolute atomic E-state index is 12.5. The second-order valence-corrected chi connectivity index (χ2v) is 7.15. The van der Waals surface area contributed by atoms with Crippen molar-refractivity contribution in [1.82, 2.24) is 4.31 Å². The zero-order chi connectivity index (χ0) is 17.9. The van der Waals surface area contributed by atoms with Crippen LogP contribution in [0.15, 0.2) is 45.9 Å². The van der Waals surface area contributed by atoms with Crippen LogP contribution in [0.25, 0.3) is 0 Å². The van der Waals surface area contributed by atoms with E-state index in [1.165, 1.54) is 16.4 Å². The lowest BCUT2D eigenvalue weighted by Gasteiger charge is -2.24. The summed E-state index contributed by atoms with van der Waals surface area (Å²) in [7, 11) is -3.79. The smallest absolute Gasteiger partial charge is 0.291 e. The van der Waals surface area contributed by atoms with E-state index in [0.29, 0.717) is 24.5 Å². The van der Waals surface area contributed by atoms with Crippen LogP contribution in [0.1, 0.15) is 16.1 Å². The van der Waals surface area contributed by atoms with Crippen molar-refractivity contribution in [3.05, 3.63) is 47.7 Å². The summed E-state index contributed by atoms with van der Waals surface area (Å²) in [6, 6.07) is 10.8. The van der Waals surface area contributed by atoms with Crippen molar-refractivity contribution in [3.8, 4) is 6.07 Å². The minimum atomic E-state index is -3.79. The zero-order valence-electron chi connectivity index (χ0n) is 13.1. The summed E-state index contributed by atoms with van der Waals surface area (Å²) in [6.45, 7) is 1.14. The molecule has 0 saturated carbocycles. The van der Waals surface area contributed by atoms with E-state index in [2.05, 4.69) is 5.32 Å². The van der Waals surface area contributed by atoms with E-state index >= 15 is 0 Å². The third kappa shape index (κ3) is 3.71. The molecule has 25 heavy (non-hydrogen) atoms. The SMILES string of the molecule is N#Cc1ccc(NC(=O)c2ccc(S(=O)(=O)N3CCOCC3)o2)cc1. The molecular formula is C16H15N3O5S. The zero-order valence-corrected chi connectivity index (χ0v) is 14.0. The van der Waals surface area contributed by atoms with Crippen molar-refractivity contribution >= 4 is 21.6 Å². The molecule has 1 aromatic carbocycles. The number of sulfonamides is 1. The van der Waals surface area contributed by atoms with Crippen LogP contribution in [0.4, 0.5) is 5.69 Å². The number of nitrogens with one attached hydrogen (secondary N) is 1. The first-order chi connectivity index (χ1) is 12.0. The third-order valence-corrected chi connectivity index (χ3v) is 5.41. The van der Waals surface area contributed by atoms with Crippen LogP contribution in [0.3, 0.4) is 0 Å². The van der Waals surface area contributed by atoms with Crippen molar-refractivity contribution < 1.29 is 22.4 Å². The molecule has 3 rings (SSSR count). The Hall–Kier alpha value is -2.67. The summed E-state index contributed by atoms with van der Waals surface area (Å²) in [5.74, 6) is -0.690. The molecule has 1 N–H and O–H groups in total. The van der Waals surface area contributed by atoms with E-state index in [1.54, 1.807) is 24.3 Å². The summed E-state index contributed by atoms with van der Waals surface area (Å²) in [5.41, 5.74) is 0.938. The van der Waals surface area contributed by atoms with Gasteiger partial charge >= 0.3 is 0 Å². The van der Waals surface area contributed by atoms with E-state index in [-0.39, 0.29) is 23.9 Å². The average molecular weight is 361 g/mol. The molecular weight excluding hydrogens is 346 g/mol. The lowest BCUT2D eigenvalue weighted by Crippen LogP contribution is -2.40. The number of rotatable bonds is 4. The fraction of sp³-hybridized carbons (Fsp3) is 0.250. The topological polar surface area (TPSA) is 113 Å². The predicted octanol–water partition coefficient (Wildman–Crippen LogP) is 1.42. The Kier molecular flexibility index (Phi) is 4.85. The summed E-state index contributed by atoms with van der Waals surface area (Å²) in [5, 5.41) is 11.1. The van der Waals surface area contributed by atoms with Gasteiger partial charge in [-0.25, -0.2) is 8.42 Å². The number of furan rings is 1. The summed E-state index contributed by atoms with van der Waals surface area (Å²) >= 11 is 0. The van der Waals surface area contributed by atoms with Crippen LogP contribution in [-0.4, -0.2) is 44.9 Å². The number of nitriles is 1. The Morgan fingerprint density at radius 3 is 2.44 bits per heavy atom. The molecule has 1 aliphatic rings. The second kappa shape index (κ2) is 7.06. The number of amides is 1. The molecule has 2 aromatic rings. The summed E-state index contributed by atoms with van der Waals surface area (Å²) < 4.78 is 36.6. The van der Waals surface area contributed by atoms with Crippen molar-refractivity contribution in [2.45, 2.75) is 5.09 Å². The van der Waals surface area contributed by atoms with Gasteiger partial charge in [0.05, 0.1) is 24.8 Å². The van der Waals surface area contributed by atoms with Gasteiger partial charge in [0.15, 0.2) is 5.76 Å². The Balaban J connectivity index is 1.73. The molecule has 8 nitrogen and oxygen atoms in total. The average Bonchev–Trinajstić information content (AvgIpc) is 3.14. The molecule has 130 valence electrons. The Morgan fingerprint density at radius 1 is 1.12 bits per heavy atom. The van der Waals surface area contributed by atoms with Crippen molar-refractivity contribution in [2.75, 3.05) is 31.6 Å². The molecule has 1 aromatic heterocycles. The fourth-order valence-corrected chi connectivity index (χ4v) is 3.64. The highest BCUT2D eigenvalue weighted by Gasteiger charge is 2.30. The Labute approximate surface area is 144 Å². The highest BCUT2D eigenvalue weighted by atomic mass is 32.2.